The number of fused-ring (bicyclic) bond motifs is 1. The van der Waals surface area contributed by atoms with E-state index >= 15 is 0 Å². The van der Waals surface area contributed by atoms with Crippen LogP contribution in [0.3, 0.4) is 0 Å². The van der Waals surface area contributed by atoms with Crippen LogP contribution in [0.1, 0.15) is 23.4 Å². The lowest BCUT2D eigenvalue weighted by atomic mass is 10.1. The van der Waals surface area contributed by atoms with Crippen LogP contribution in [0.25, 0.3) is 21.9 Å². The van der Waals surface area contributed by atoms with E-state index in [0.717, 1.165) is 58.6 Å². The van der Waals surface area contributed by atoms with Gasteiger partial charge in [-0.2, -0.15) is 5.26 Å². The van der Waals surface area contributed by atoms with E-state index in [0.29, 0.717) is 23.8 Å². The normalized spacial score (nSPS) is 18.0. The fourth-order valence-electron chi connectivity index (χ4n) is 4.42. The Bertz CT molecular complexity index is 1360. The van der Waals surface area contributed by atoms with Crippen LogP contribution in [0.5, 0.6) is 0 Å². The van der Waals surface area contributed by atoms with E-state index in [-0.39, 0.29) is 10.6 Å². The van der Waals surface area contributed by atoms with E-state index < -0.39 is 0 Å². The topological polar surface area (TPSA) is 92.3 Å². The lowest BCUT2D eigenvalue weighted by Gasteiger charge is -2.31. The molecule has 170 valence electrons. The number of thiazole rings is 1. The van der Waals surface area contributed by atoms with Crippen LogP contribution >= 0.6 is 11.3 Å². The highest BCUT2D eigenvalue weighted by Gasteiger charge is 2.26. The third kappa shape index (κ3) is 4.49. The van der Waals surface area contributed by atoms with Gasteiger partial charge in [-0.1, -0.05) is 24.3 Å². The van der Waals surface area contributed by atoms with Gasteiger partial charge in [0.25, 0.3) is 5.69 Å². The molecule has 2 heterocycles. The molecule has 1 saturated heterocycles. The second-order valence-electron chi connectivity index (χ2n) is 8.15. The molecule has 34 heavy (non-hydrogen) atoms. The molecule has 7 nitrogen and oxygen atoms in total. The van der Waals surface area contributed by atoms with Crippen LogP contribution in [0.4, 0.5) is 5.69 Å². The highest BCUT2D eigenvalue weighted by Crippen LogP contribution is 2.38. The van der Waals surface area contributed by atoms with Crippen molar-refractivity contribution in [2.24, 2.45) is 0 Å². The molecule has 3 aromatic rings. The molecule has 1 aromatic heterocycles. The summed E-state index contributed by atoms with van der Waals surface area (Å²) in [5.41, 5.74) is 5.63. The average molecular weight is 471 g/mol. The van der Waals surface area contributed by atoms with Crippen molar-refractivity contribution in [3.8, 4) is 6.07 Å². The number of benzene rings is 2. The zero-order valence-electron chi connectivity index (χ0n) is 18.4. The Balaban J connectivity index is 1.58. The summed E-state index contributed by atoms with van der Waals surface area (Å²) < 4.78 is 6.61. The van der Waals surface area contributed by atoms with E-state index in [1.807, 2.05) is 42.5 Å². The number of rotatable bonds is 5. The summed E-state index contributed by atoms with van der Waals surface area (Å²) in [6.07, 6.45) is 5.60. The van der Waals surface area contributed by atoms with E-state index in [4.69, 9.17) is 4.74 Å². The van der Waals surface area contributed by atoms with Gasteiger partial charge in [-0.3, -0.25) is 10.1 Å². The molecule has 0 saturated carbocycles. The number of para-hydroxylation sites is 1. The van der Waals surface area contributed by atoms with Crippen LogP contribution in [0.15, 0.2) is 71.5 Å². The van der Waals surface area contributed by atoms with Crippen LogP contribution in [0, 0.1) is 21.4 Å². The number of hydrogen-bond donors (Lipinski definition) is 0. The Morgan fingerprint density at radius 1 is 1.18 bits per heavy atom. The van der Waals surface area contributed by atoms with Crippen LogP contribution in [-0.2, 0) is 4.74 Å². The Labute approximate surface area is 201 Å². The molecule has 0 bridgehead atoms. The molecule has 1 fully saturated rings. The standard InChI is InChI=1S/C26H22N4O3S/c27-17-21(26-28-23-6-1-2-7-24(23)34-26)16-20-9-8-19(25(20)29-10-12-33-13-11-29)14-18-4-3-5-22(15-18)30(31)32/h1-7,14-16H,8-13H2/b19-14+,21-16+. The largest absolute Gasteiger partial charge is 0.378 e. The van der Waals surface area contributed by atoms with E-state index in [2.05, 4.69) is 16.0 Å². The molecule has 0 unspecified atom stereocenters. The predicted molar refractivity (Wildman–Crippen MR) is 133 cm³/mol. The first-order valence-corrected chi connectivity index (χ1v) is 11.9. The van der Waals surface area contributed by atoms with E-state index in [1.165, 1.54) is 17.4 Å². The maximum atomic E-state index is 11.2. The zero-order chi connectivity index (χ0) is 23.5. The summed E-state index contributed by atoms with van der Waals surface area (Å²) >= 11 is 1.52. The fraction of sp³-hybridized carbons (Fsp3) is 0.231. The molecule has 0 N–H and O–H groups in total. The monoisotopic (exact) mass is 470 g/mol. The number of nitrogens with zero attached hydrogens (tertiary/aromatic N) is 4. The lowest BCUT2D eigenvalue weighted by molar-refractivity contribution is -0.384. The van der Waals surface area contributed by atoms with Gasteiger partial charge in [0.15, 0.2) is 0 Å². The number of non-ortho nitro benzene ring substituents is 1. The van der Waals surface area contributed by atoms with Gasteiger partial charge < -0.3 is 9.64 Å². The molecule has 1 aliphatic carbocycles. The van der Waals surface area contributed by atoms with Crippen molar-refractivity contribution in [3.63, 3.8) is 0 Å². The fourth-order valence-corrected chi connectivity index (χ4v) is 5.35. The smallest absolute Gasteiger partial charge is 0.270 e. The molecule has 0 spiro atoms. The second kappa shape index (κ2) is 9.59. The second-order valence-corrected chi connectivity index (χ2v) is 9.18. The van der Waals surface area contributed by atoms with Crippen molar-refractivity contribution >= 4 is 38.9 Å². The first-order chi connectivity index (χ1) is 16.6. The summed E-state index contributed by atoms with van der Waals surface area (Å²) in [4.78, 5) is 17.8. The first-order valence-electron chi connectivity index (χ1n) is 11.1. The molecule has 0 radical (unpaired) electrons. The van der Waals surface area contributed by atoms with Crippen molar-refractivity contribution in [3.05, 3.63) is 92.1 Å². The van der Waals surface area contributed by atoms with Crippen molar-refractivity contribution in [1.29, 1.82) is 5.26 Å². The lowest BCUT2D eigenvalue weighted by Crippen LogP contribution is -2.36. The van der Waals surface area contributed by atoms with Gasteiger partial charge >= 0.3 is 0 Å². The van der Waals surface area contributed by atoms with Gasteiger partial charge in [-0.25, -0.2) is 4.98 Å². The van der Waals surface area contributed by atoms with E-state index in [1.54, 1.807) is 12.1 Å². The number of morpholine rings is 1. The average Bonchev–Trinajstić information content (AvgIpc) is 3.47. The number of nitriles is 1. The molecule has 0 atom stereocenters. The minimum Gasteiger partial charge on any atom is -0.378 e. The third-order valence-corrected chi connectivity index (χ3v) is 7.05. The zero-order valence-corrected chi connectivity index (χ0v) is 19.3. The quantitative estimate of drug-likeness (QED) is 0.275. The molecule has 8 heteroatoms. The van der Waals surface area contributed by atoms with Gasteiger partial charge in [0.05, 0.1) is 33.9 Å². The molecule has 2 aromatic carbocycles. The van der Waals surface area contributed by atoms with Crippen molar-refractivity contribution < 1.29 is 9.66 Å². The molecule has 2 aliphatic rings. The summed E-state index contributed by atoms with van der Waals surface area (Å²) in [7, 11) is 0. The molecule has 1 aliphatic heterocycles. The van der Waals surface area contributed by atoms with Gasteiger partial charge in [-0.05, 0) is 53.8 Å². The molecule has 5 rings (SSSR count). The number of hydrogen-bond acceptors (Lipinski definition) is 7. The van der Waals surface area contributed by atoms with Gasteiger partial charge in [0.2, 0.25) is 0 Å². The van der Waals surface area contributed by atoms with Crippen molar-refractivity contribution in [1.82, 2.24) is 9.88 Å². The maximum absolute atomic E-state index is 11.2. The number of aromatic nitrogens is 1. The summed E-state index contributed by atoms with van der Waals surface area (Å²) in [6.45, 7) is 2.82. The highest BCUT2D eigenvalue weighted by molar-refractivity contribution is 7.19. The minimum absolute atomic E-state index is 0.0759. The Morgan fingerprint density at radius 3 is 2.76 bits per heavy atom. The summed E-state index contributed by atoms with van der Waals surface area (Å²) in [5, 5.41) is 21.9. The van der Waals surface area contributed by atoms with Crippen molar-refractivity contribution in [2.45, 2.75) is 12.8 Å². The molecular formula is C26H22N4O3S. The Hall–Kier alpha value is -3.80. The maximum Gasteiger partial charge on any atom is 0.270 e. The van der Waals surface area contributed by atoms with Gasteiger partial charge in [-0.15, -0.1) is 11.3 Å². The van der Waals surface area contributed by atoms with Crippen LogP contribution < -0.4 is 0 Å². The summed E-state index contributed by atoms with van der Waals surface area (Å²) in [6, 6.07) is 16.9. The number of nitro benzene ring substituents is 1. The Morgan fingerprint density at radius 2 is 2.00 bits per heavy atom. The predicted octanol–water partition coefficient (Wildman–Crippen LogP) is 5.58. The SMILES string of the molecule is N#C/C(=C\C1=C(N2CCOCC2)C(=C/c2cccc([N+](=O)[O-])c2)/CC1)c1nc2ccccc2s1. The third-order valence-electron chi connectivity index (χ3n) is 5.98. The van der Waals surface area contributed by atoms with E-state index in [9.17, 15) is 15.4 Å². The minimum atomic E-state index is -0.374. The van der Waals surface area contributed by atoms with Crippen molar-refractivity contribution in [2.75, 3.05) is 26.3 Å². The molecular weight excluding hydrogens is 448 g/mol. The van der Waals surface area contributed by atoms with Gasteiger partial charge in [0.1, 0.15) is 11.1 Å². The number of allylic oxidation sites excluding steroid dienone is 4. The number of ether oxygens (including phenoxy) is 1. The van der Waals surface area contributed by atoms with Gasteiger partial charge in [0, 0.05) is 30.9 Å². The highest BCUT2D eigenvalue weighted by atomic mass is 32.1. The summed E-state index contributed by atoms with van der Waals surface area (Å²) in [5.74, 6) is 0. The number of nitro groups is 1. The Kier molecular flexibility index (Phi) is 6.21. The van der Waals surface area contributed by atoms with Crippen LogP contribution in [0.2, 0.25) is 0 Å². The molecule has 0 amide bonds. The first kappa shape index (κ1) is 22.0. The van der Waals surface area contributed by atoms with Crippen LogP contribution in [-0.4, -0.2) is 41.1 Å².